The van der Waals surface area contributed by atoms with Gasteiger partial charge >= 0.3 is 5.97 Å². The Morgan fingerprint density at radius 2 is 1.79 bits per heavy atom. The number of nitrogens with zero attached hydrogens (tertiary/aromatic N) is 1. The molecule has 9 heteroatoms. The summed E-state index contributed by atoms with van der Waals surface area (Å²) >= 11 is 1.58. The quantitative estimate of drug-likeness (QED) is 0.457. The topological polar surface area (TPSA) is 97.4 Å². The third kappa shape index (κ3) is 5.82. The van der Waals surface area contributed by atoms with Crippen LogP contribution in [0.3, 0.4) is 0 Å². The summed E-state index contributed by atoms with van der Waals surface area (Å²) in [6, 6.07) is 13.2. The summed E-state index contributed by atoms with van der Waals surface area (Å²) in [5.74, 6) is -2.77. The van der Waals surface area contributed by atoms with Crippen molar-refractivity contribution in [2.75, 3.05) is 6.61 Å². The van der Waals surface area contributed by atoms with Gasteiger partial charge in [0.25, 0.3) is 11.8 Å². The second-order valence-electron chi connectivity index (χ2n) is 6.07. The third-order valence-electron chi connectivity index (χ3n) is 3.91. The number of carbonyl (C=O) groups is 3. The molecule has 2 N–H and O–H groups in total. The SMILES string of the molecule is O=C(COC(=O)CCCc1nc2ccccc2s1)NNC(=O)c1ccccc1F. The zero-order valence-electron chi connectivity index (χ0n) is 15.3. The minimum atomic E-state index is -0.807. The summed E-state index contributed by atoms with van der Waals surface area (Å²) in [7, 11) is 0. The van der Waals surface area contributed by atoms with Crippen LogP contribution in [0.1, 0.15) is 28.2 Å². The molecule has 0 fully saturated rings. The van der Waals surface area contributed by atoms with Gasteiger partial charge in [-0.2, -0.15) is 0 Å². The van der Waals surface area contributed by atoms with E-state index in [0.29, 0.717) is 12.8 Å². The molecule has 2 amide bonds. The minimum Gasteiger partial charge on any atom is -0.455 e. The van der Waals surface area contributed by atoms with Crippen LogP contribution in [0, 0.1) is 5.82 Å². The number of halogens is 1. The standard InChI is InChI=1S/C20H18FN3O4S/c21-14-7-2-1-6-13(14)20(27)24-23-17(25)12-28-19(26)11-5-10-18-22-15-8-3-4-9-16(15)29-18/h1-4,6-9H,5,10-12H2,(H,23,25)(H,24,27). The Morgan fingerprint density at radius 1 is 1.03 bits per heavy atom. The molecule has 0 saturated heterocycles. The van der Waals surface area contributed by atoms with E-state index in [2.05, 4.69) is 15.8 Å². The Balaban J connectivity index is 1.34. The van der Waals surface area contributed by atoms with Gasteiger partial charge in [0.2, 0.25) is 0 Å². The Bertz CT molecular complexity index is 1000. The highest BCUT2D eigenvalue weighted by molar-refractivity contribution is 7.18. The van der Waals surface area contributed by atoms with Crippen LogP contribution < -0.4 is 10.9 Å². The van der Waals surface area contributed by atoms with Gasteiger partial charge in [0.1, 0.15) is 5.82 Å². The van der Waals surface area contributed by atoms with E-state index in [1.807, 2.05) is 24.3 Å². The van der Waals surface area contributed by atoms with E-state index in [-0.39, 0.29) is 12.0 Å². The number of ether oxygens (including phenoxy) is 1. The molecule has 150 valence electrons. The molecule has 0 aliphatic carbocycles. The van der Waals surface area contributed by atoms with Crippen molar-refractivity contribution in [2.45, 2.75) is 19.3 Å². The number of fused-ring (bicyclic) bond motifs is 1. The fourth-order valence-electron chi connectivity index (χ4n) is 2.50. The first-order valence-corrected chi connectivity index (χ1v) is 9.68. The van der Waals surface area contributed by atoms with Gasteiger partial charge in [0, 0.05) is 6.42 Å². The molecule has 3 aromatic rings. The molecular weight excluding hydrogens is 397 g/mol. The number of aromatic nitrogens is 1. The maximum Gasteiger partial charge on any atom is 0.306 e. The zero-order chi connectivity index (χ0) is 20.6. The third-order valence-corrected chi connectivity index (χ3v) is 5.00. The van der Waals surface area contributed by atoms with E-state index in [1.54, 1.807) is 11.3 Å². The number of para-hydroxylation sites is 1. The van der Waals surface area contributed by atoms with Gasteiger partial charge in [0.05, 0.1) is 20.8 Å². The van der Waals surface area contributed by atoms with E-state index in [0.717, 1.165) is 21.3 Å². The van der Waals surface area contributed by atoms with Crippen LogP contribution in [-0.4, -0.2) is 29.4 Å². The number of hydrogen-bond acceptors (Lipinski definition) is 6. The highest BCUT2D eigenvalue weighted by Crippen LogP contribution is 2.22. The van der Waals surface area contributed by atoms with Gasteiger partial charge in [-0.05, 0) is 37.1 Å². The molecule has 0 aliphatic rings. The molecule has 7 nitrogen and oxygen atoms in total. The summed E-state index contributed by atoms with van der Waals surface area (Å²) < 4.78 is 19.4. The molecule has 0 bridgehead atoms. The molecule has 0 unspecified atom stereocenters. The normalized spacial score (nSPS) is 10.5. The number of hydrogen-bond donors (Lipinski definition) is 2. The number of benzene rings is 2. The van der Waals surface area contributed by atoms with Crippen LogP contribution in [0.25, 0.3) is 10.2 Å². The number of nitrogens with one attached hydrogen (secondary N) is 2. The summed E-state index contributed by atoms with van der Waals surface area (Å²) in [5, 5.41) is 0.938. The average molecular weight is 415 g/mol. The lowest BCUT2D eigenvalue weighted by atomic mass is 10.2. The largest absolute Gasteiger partial charge is 0.455 e. The lowest BCUT2D eigenvalue weighted by Gasteiger charge is -2.08. The monoisotopic (exact) mass is 415 g/mol. The number of rotatable bonds is 7. The first-order chi connectivity index (χ1) is 14.0. The molecule has 0 aliphatic heterocycles. The van der Waals surface area contributed by atoms with Crippen LogP contribution >= 0.6 is 11.3 Å². The Kier molecular flexibility index (Phi) is 6.85. The lowest BCUT2D eigenvalue weighted by Crippen LogP contribution is -2.43. The van der Waals surface area contributed by atoms with Gasteiger partial charge in [-0.25, -0.2) is 9.37 Å². The van der Waals surface area contributed by atoms with E-state index in [4.69, 9.17) is 4.74 Å². The van der Waals surface area contributed by atoms with Gasteiger partial charge in [-0.15, -0.1) is 11.3 Å². The molecule has 29 heavy (non-hydrogen) atoms. The number of carbonyl (C=O) groups excluding carboxylic acids is 3. The maximum absolute atomic E-state index is 13.5. The first-order valence-electron chi connectivity index (χ1n) is 8.86. The van der Waals surface area contributed by atoms with E-state index < -0.39 is 30.2 Å². The molecular formula is C20H18FN3O4S. The van der Waals surface area contributed by atoms with Crippen LogP contribution in [0.4, 0.5) is 4.39 Å². The zero-order valence-corrected chi connectivity index (χ0v) is 16.1. The second-order valence-corrected chi connectivity index (χ2v) is 7.19. The van der Waals surface area contributed by atoms with Crippen molar-refractivity contribution in [1.82, 2.24) is 15.8 Å². The van der Waals surface area contributed by atoms with Crippen LogP contribution in [0.2, 0.25) is 0 Å². The van der Waals surface area contributed by atoms with Gasteiger partial charge in [0.15, 0.2) is 6.61 Å². The van der Waals surface area contributed by atoms with E-state index >= 15 is 0 Å². The van der Waals surface area contributed by atoms with Crippen molar-refractivity contribution in [3.8, 4) is 0 Å². The average Bonchev–Trinajstić information content (AvgIpc) is 3.13. The molecule has 0 saturated carbocycles. The van der Waals surface area contributed by atoms with Crippen molar-refractivity contribution in [2.24, 2.45) is 0 Å². The molecule has 0 atom stereocenters. The molecule has 0 spiro atoms. The molecule has 1 heterocycles. The molecule has 1 aromatic heterocycles. The highest BCUT2D eigenvalue weighted by atomic mass is 32.1. The van der Waals surface area contributed by atoms with E-state index in [1.165, 1.54) is 18.2 Å². The highest BCUT2D eigenvalue weighted by Gasteiger charge is 2.13. The van der Waals surface area contributed by atoms with E-state index in [9.17, 15) is 18.8 Å². The van der Waals surface area contributed by atoms with Crippen molar-refractivity contribution < 1.29 is 23.5 Å². The van der Waals surface area contributed by atoms with Crippen molar-refractivity contribution >= 4 is 39.3 Å². The number of amides is 2. The summed E-state index contributed by atoms with van der Waals surface area (Å²) in [6.45, 7) is -0.544. The van der Waals surface area contributed by atoms with Crippen molar-refractivity contribution in [3.05, 3.63) is 64.9 Å². The molecule has 0 radical (unpaired) electrons. The number of esters is 1. The molecule has 3 rings (SSSR count). The summed E-state index contributed by atoms with van der Waals surface area (Å²) in [4.78, 5) is 39.7. The van der Waals surface area contributed by atoms with Crippen molar-refractivity contribution in [1.29, 1.82) is 0 Å². The van der Waals surface area contributed by atoms with Crippen LogP contribution in [0.5, 0.6) is 0 Å². The minimum absolute atomic E-state index is 0.144. The fraction of sp³-hybridized carbons (Fsp3) is 0.200. The molecule has 2 aromatic carbocycles. The predicted octanol–water partition coefficient (Wildman–Crippen LogP) is 2.76. The summed E-state index contributed by atoms with van der Waals surface area (Å²) in [6.07, 6.45) is 1.33. The van der Waals surface area contributed by atoms with Crippen molar-refractivity contribution in [3.63, 3.8) is 0 Å². The number of thiazole rings is 1. The smallest absolute Gasteiger partial charge is 0.306 e. The van der Waals surface area contributed by atoms with Crippen LogP contribution in [0.15, 0.2) is 48.5 Å². The fourth-order valence-corrected chi connectivity index (χ4v) is 3.51. The second kappa shape index (κ2) is 9.74. The Hall–Kier alpha value is -3.33. The van der Waals surface area contributed by atoms with Gasteiger partial charge in [-0.1, -0.05) is 24.3 Å². The Morgan fingerprint density at radius 3 is 2.59 bits per heavy atom. The Labute approximate surface area is 169 Å². The predicted molar refractivity (Wildman–Crippen MR) is 106 cm³/mol. The number of aryl methyl sites for hydroxylation is 1. The first kappa shape index (κ1) is 20.4. The van der Waals surface area contributed by atoms with Gasteiger partial charge < -0.3 is 4.74 Å². The summed E-state index contributed by atoms with van der Waals surface area (Å²) in [5.41, 5.74) is 4.86. The van der Waals surface area contributed by atoms with Crippen LogP contribution in [-0.2, 0) is 20.7 Å². The van der Waals surface area contributed by atoms with Gasteiger partial charge in [-0.3, -0.25) is 25.2 Å². The number of hydrazine groups is 1. The maximum atomic E-state index is 13.5. The lowest BCUT2D eigenvalue weighted by molar-refractivity contribution is -0.148.